The van der Waals surface area contributed by atoms with E-state index in [0.29, 0.717) is 32.2 Å². The van der Waals surface area contributed by atoms with Crippen LogP contribution in [0.25, 0.3) is 0 Å². The number of carbonyl (C=O) groups is 1. The number of esters is 1. The van der Waals surface area contributed by atoms with E-state index in [2.05, 4.69) is 4.98 Å². The van der Waals surface area contributed by atoms with Crippen molar-refractivity contribution in [2.45, 2.75) is 12.6 Å². The zero-order chi connectivity index (χ0) is 13.7. The molecule has 6 heteroatoms. The Morgan fingerprint density at radius 3 is 3.16 bits per heavy atom. The van der Waals surface area contributed by atoms with Crippen LogP contribution in [0.5, 0.6) is 5.88 Å². The largest absolute Gasteiger partial charge is 0.481 e. The molecule has 1 unspecified atom stereocenters. The highest BCUT2D eigenvalue weighted by Gasteiger charge is 2.30. The molecule has 1 fully saturated rings. The number of morpholine rings is 1. The number of hydrogen-bond acceptors (Lipinski definition) is 6. The van der Waals surface area contributed by atoms with Crippen molar-refractivity contribution in [1.29, 1.82) is 0 Å². The van der Waals surface area contributed by atoms with Crippen molar-refractivity contribution < 1.29 is 19.0 Å². The lowest BCUT2D eigenvalue weighted by Gasteiger charge is -2.33. The summed E-state index contributed by atoms with van der Waals surface area (Å²) in [6.45, 7) is 2.23. The third-order valence-corrected chi connectivity index (χ3v) is 3.13. The van der Waals surface area contributed by atoms with Gasteiger partial charge < -0.3 is 14.2 Å². The number of methoxy groups -OCH3 is 2. The van der Waals surface area contributed by atoms with Crippen LogP contribution in [0, 0.1) is 0 Å². The van der Waals surface area contributed by atoms with E-state index in [4.69, 9.17) is 14.2 Å². The third kappa shape index (κ3) is 3.21. The topological polar surface area (TPSA) is 60.9 Å². The van der Waals surface area contributed by atoms with E-state index in [-0.39, 0.29) is 12.0 Å². The SMILES string of the molecule is COC(=O)C1COCCN1Cc1cccnc1OC. The van der Waals surface area contributed by atoms with Crippen LogP contribution in [0.1, 0.15) is 5.56 Å². The van der Waals surface area contributed by atoms with Gasteiger partial charge in [-0.05, 0) is 6.07 Å². The lowest BCUT2D eigenvalue weighted by atomic mass is 10.2. The molecule has 0 spiro atoms. The molecule has 19 heavy (non-hydrogen) atoms. The van der Waals surface area contributed by atoms with Crippen LogP contribution in [-0.2, 0) is 20.8 Å². The zero-order valence-electron chi connectivity index (χ0n) is 11.2. The molecule has 0 aliphatic carbocycles. The molecule has 1 aromatic heterocycles. The van der Waals surface area contributed by atoms with E-state index >= 15 is 0 Å². The van der Waals surface area contributed by atoms with Crippen molar-refractivity contribution in [3.8, 4) is 5.88 Å². The first-order chi connectivity index (χ1) is 9.26. The fourth-order valence-corrected chi connectivity index (χ4v) is 2.13. The van der Waals surface area contributed by atoms with Gasteiger partial charge in [-0.3, -0.25) is 9.69 Å². The molecule has 1 saturated heterocycles. The van der Waals surface area contributed by atoms with E-state index < -0.39 is 0 Å². The van der Waals surface area contributed by atoms with Crippen molar-refractivity contribution in [1.82, 2.24) is 9.88 Å². The number of rotatable bonds is 4. The number of pyridine rings is 1. The van der Waals surface area contributed by atoms with Crippen LogP contribution in [0.2, 0.25) is 0 Å². The van der Waals surface area contributed by atoms with Crippen molar-refractivity contribution in [3.63, 3.8) is 0 Å². The maximum absolute atomic E-state index is 11.7. The molecular formula is C13H18N2O4. The predicted octanol–water partition coefficient (Wildman–Crippen LogP) is 0.464. The van der Waals surface area contributed by atoms with Crippen LogP contribution >= 0.6 is 0 Å². The van der Waals surface area contributed by atoms with E-state index in [1.54, 1.807) is 13.3 Å². The number of aromatic nitrogens is 1. The maximum atomic E-state index is 11.7. The number of hydrogen-bond donors (Lipinski definition) is 0. The smallest absolute Gasteiger partial charge is 0.325 e. The average Bonchev–Trinajstić information content (AvgIpc) is 2.47. The van der Waals surface area contributed by atoms with Gasteiger partial charge in [-0.25, -0.2) is 4.98 Å². The van der Waals surface area contributed by atoms with Crippen LogP contribution < -0.4 is 4.74 Å². The first-order valence-electron chi connectivity index (χ1n) is 6.13. The summed E-state index contributed by atoms with van der Waals surface area (Å²) in [6, 6.07) is 3.42. The minimum atomic E-state index is -0.372. The van der Waals surface area contributed by atoms with Gasteiger partial charge >= 0.3 is 5.97 Å². The molecule has 1 atom stereocenters. The second-order valence-corrected chi connectivity index (χ2v) is 4.26. The van der Waals surface area contributed by atoms with Gasteiger partial charge in [0.25, 0.3) is 0 Å². The molecule has 1 aliphatic rings. The Kier molecular flexibility index (Phi) is 4.70. The maximum Gasteiger partial charge on any atom is 0.325 e. The lowest BCUT2D eigenvalue weighted by molar-refractivity contribution is -0.153. The van der Waals surface area contributed by atoms with Gasteiger partial charge in [-0.15, -0.1) is 0 Å². The highest BCUT2D eigenvalue weighted by molar-refractivity contribution is 5.75. The van der Waals surface area contributed by atoms with Gasteiger partial charge in [-0.1, -0.05) is 6.07 Å². The van der Waals surface area contributed by atoms with Crippen LogP contribution in [0.3, 0.4) is 0 Å². The van der Waals surface area contributed by atoms with E-state index in [1.807, 2.05) is 17.0 Å². The van der Waals surface area contributed by atoms with E-state index in [9.17, 15) is 4.79 Å². The molecule has 0 aromatic carbocycles. The molecule has 0 amide bonds. The summed E-state index contributed by atoms with van der Waals surface area (Å²) in [4.78, 5) is 17.9. The summed E-state index contributed by atoms with van der Waals surface area (Å²) in [5, 5.41) is 0. The summed E-state index contributed by atoms with van der Waals surface area (Å²) >= 11 is 0. The van der Waals surface area contributed by atoms with Gasteiger partial charge in [0, 0.05) is 24.8 Å². The van der Waals surface area contributed by atoms with Crippen molar-refractivity contribution >= 4 is 5.97 Å². The minimum absolute atomic E-state index is 0.275. The van der Waals surface area contributed by atoms with Crippen LogP contribution in [0.4, 0.5) is 0 Å². The summed E-state index contributed by atoms with van der Waals surface area (Å²) in [6.07, 6.45) is 1.68. The van der Waals surface area contributed by atoms with Crippen molar-refractivity contribution in [3.05, 3.63) is 23.9 Å². The van der Waals surface area contributed by atoms with Gasteiger partial charge in [0.05, 0.1) is 27.4 Å². The van der Waals surface area contributed by atoms with E-state index in [0.717, 1.165) is 5.56 Å². The predicted molar refractivity (Wildman–Crippen MR) is 67.8 cm³/mol. The Morgan fingerprint density at radius 2 is 2.42 bits per heavy atom. The summed E-state index contributed by atoms with van der Waals surface area (Å²) in [7, 11) is 2.97. The average molecular weight is 266 g/mol. The molecular weight excluding hydrogens is 248 g/mol. The monoisotopic (exact) mass is 266 g/mol. The Labute approximate surface area is 112 Å². The second kappa shape index (κ2) is 6.49. The molecule has 0 bridgehead atoms. The molecule has 1 aliphatic heterocycles. The molecule has 6 nitrogen and oxygen atoms in total. The van der Waals surface area contributed by atoms with Crippen molar-refractivity contribution in [2.24, 2.45) is 0 Å². The zero-order valence-corrected chi connectivity index (χ0v) is 11.2. The molecule has 0 N–H and O–H groups in total. The number of carbonyl (C=O) groups excluding carboxylic acids is 1. The molecule has 2 heterocycles. The Balaban J connectivity index is 2.13. The molecule has 0 saturated carbocycles. The second-order valence-electron chi connectivity index (χ2n) is 4.26. The first kappa shape index (κ1) is 13.8. The Morgan fingerprint density at radius 1 is 1.58 bits per heavy atom. The Hall–Kier alpha value is -1.66. The fourth-order valence-electron chi connectivity index (χ4n) is 2.13. The highest BCUT2D eigenvalue weighted by Crippen LogP contribution is 2.19. The van der Waals surface area contributed by atoms with Gasteiger partial charge in [0.1, 0.15) is 6.04 Å². The van der Waals surface area contributed by atoms with E-state index in [1.165, 1.54) is 7.11 Å². The number of ether oxygens (including phenoxy) is 3. The fraction of sp³-hybridized carbons (Fsp3) is 0.538. The van der Waals surface area contributed by atoms with Crippen LogP contribution in [-0.4, -0.2) is 55.9 Å². The van der Waals surface area contributed by atoms with Crippen LogP contribution in [0.15, 0.2) is 18.3 Å². The summed E-state index contributed by atoms with van der Waals surface area (Å²) in [5.41, 5.74) is 0.945. The van der Waals surface area contributed by atoms with Gasteiger partial charge in [0.15, 0.2) is 0 Å². The molecule has 104 valence electrons. The van der Waals surface area contributed by atoms with Gasteiger partial charge in [-0.2, -0.15) is 0 Å². The lowest BCUT2D eigenvalue weighted by Crippen LogP contribution is -2.49. The molecule has 0 radical (unpaired) electrons. The highest BCUT2D eigenvalue weighted by atomic mass is 16.5. The number of nitrogens with zero attached hydrogens (tertiary/aromatic N) is 2. The van der Waals surface area contributed by atoms with Gasteiger partial charge in [0.2, 0.25) is 5.88 Å². The first-order valence-corrected chi connectivity index (χ1v) is 6.13. The minimum Gasteiger partial charge on any atom is -0.481 e. The molecule has 2 rings (SSSR count). The quantitative estimate of drug-likeness (QED) is 0.738. The molecule has 1 aromatic rings. The normalized spacial score (nSPS) is 20.0. The third-order valence-electron chi connectivity index (χ3n) is 3.13. The summed E-state index contributed by atoms with van der Waals surface area (Å²) < 4.78 is 15.4. The van der Waals surface area contributed by atoms with Crippen molar-refractivity contribution in [2.75, 3.05) is 34.0 Å². The Bertz CT molecular complexity index is 438. The standard InChI is InChI=1S/C13H18N2O4/c1-17-12-10(4-3-5-14-12)8-15-6-7-19-9-11(15)13(16)18-2/h3-5,11H,6-9H2,1-2H3. The summed E-state index contributed by atoms with van der Waals surface area (Å²) in [5.74, 6) is 0.306.